The molecule has 0 fully saturated rings. The predicted octanol–water partition coefficient (Wildman–Crippen LogP) is 1.47. The first-order valence-electron chi connectivity index (χ1n) is 4.17. The fourth-order valence-electron chi connectivity index (χ4n) is 1.01. The molecule has 0 aliphatic heterocycles. The van der Waals surface area contributed by atoms with Crippen molar-refractivity contribution in [2.45, 2.75) is 19.8 Å². The first-order chi connectivity index (χ1) is 6.29. The van der Waals surface area contributed by atoms with Crippen molar-refractivity contribution in [2.75, 3.05) is 7.11 Å². The van der Waals surface area contributed by atoms with Crippen LogP contribution in [0.25, 0.3) is 0 Å². The molecule has 4 heteroatoms. The molecule has 0 aromatic carbocycles. The molecule has 0 aliphatic carbocycles. The zero-order chi connectivity index (χ0) is 9.68. The van der Waals surface area contributed by atoms with E-state index in [-0.39, 0.29) is 5.78 Å². The summed E-state index contributed by atoms with van der Waals surface area (Å²) in [7, 11) is 1.48. The van der Waals surface area contributed by atoms with E-state index in [1.165, 1.54) is 19.5 Å². The summed E-state index contributed by atoms with van der Waals surface area (Å²) >= 11 is 0. The Morgan fingerprint density at radius 1 is 1.46 bits per heavy atom. The van der Waals surface area contributed by atoms with E-state index in [0.717, 1.165) is 6.42 Å². The summed E-state index contributed by atoms with van der Waals surface area (Å²) in [5, 5.41) is 0. The van der Waals surface area contributed by atoms with Gasteiger partial charge in [-0.1, -0.05) is 6.92 Å². The third-order valence-corrected chi connectivity index (χ3v) is 1.60. The zero-order valence-corrected chi connectivity index (χ0v) is 7.78. The van der Waals surface area contributed by atoms with Crippen molar-refractivity contribution >= 4 is 5.78 Å². The van der Waals surface area contributed by atoms with E-state index in [2.05, 4.69) is 9.97 Å². The molecule has 0 saturated carbocycles. The lowest BCUT2D eigenvalue weighted by atomic mass is 10.2. The summed E-state index contributed by atoms with van der Waals surface area (Å²) in [5.41, 5.74) is 0.326. The average molecular weight is 180 g/mol. The molecule has 0 radical (unpaired) electrons. The van der Waals surface area contributed by atoms with Crippen molar-refractivity contribution < 1.29 is 9.53 Å². The van der Waals surface area contributed by atoms with Gasteiger partial charge >= 0.3 is 0 Å². The Morgan fingerprint density at radius 3 is 2.77 bits per heavy atom. The molecule has 0 spiro atoms. The number of aromatic nitrogens is 2. The zero-order valence-electron chi connectivity index (χ0n) is 7.78. The monoisotopic (exact) mass is 180 g/mol. The topological polar surface area (TPSA) is 52.1 Å². The summed E-state index contributed by atoms with van der Waals surface area (Å²) in [5.74, 6) is 0.286. The average Bonchev–Trinajstić information content (AvgIpc) is 2.18. The van der Waals surface area contributed by atoms with Gasteiger partial charge in [0.15, 0.2) is 11.5 Å². The summed E-state index contributed by atoms with van der Waals surface area (Å²) in [4.78, 5) is 19.3. The van der Waals surface area contributed by atoms with E-state index < -0.39 is 0 Å². The second kappa shape index (κ2) is 4.54. The Balaban J connectivity index is 2.92. The van der Waals surface area contributed by atoms with E-state index in [0.29, 0.717) is 18.0 Å². The van der Waals surface area contributed by atoms with Crippen molar-refractivity contribution in [2.24, 2.45) is 0 Å². The number of carbonyl (C=O) groups excluding carboxylic acids is 1. The SMILES string of the molecule is CCCC(=O)c1nccnc1OC. The molecule has 0 atom stereocenters. The molecule has 4 nitrogen and oxygen atoms in total. The van der Waals surface area contributed by atoms with Gasteiger partial charge in [-0.15, -0.1) is 0 Å². The largest absolute Gasteiger partial charge is 0.479 e. The van der Waals surface area contributed by atoms with Crippen LogP contribution in [0.5, 0.6) is 5.88 Å². The van der Waals surface area contributed by atoms with E-state index in [1.54, 1.807) is 0 Å². The number of ether oxygens (including phenoxy) is 1. The van der Waals surface area contributed by atoms with Crippen molar-refractivity contribution in [3.63, 3.8) is 0 Å². The molecular formula is C9H12N2O2. The van der Waals surface area contributed by atoms with Gasteiger partial charge in [-0.2, -0.15) is 0 Å². The molecule has 0 unspecified atom stereocenters. The van der Waals surface area contributed by atoms with Crippen molar-refractivity contribution in [3.05, 3.63) is 18.1 Å². The van der Waals surface area contributed by atoms with Gasteiger partial charge in [0.2, 0.25) is 5.88 Å². The third-order valence-electron chi connectivity index (χ3n) is 1.60. The highest BCUT2D eigenvalue weighted by Crippen LogP contribution is 2.13. The van der Waals surface area contributed by atoms with Gasteiger partial charge in [0.05, 0.1) is 7.11 Å². The van der Waals surface area contributed by atoms with Crippen LogP contribution >= 0.6 is 0 Å². The van der Waals surface area contributed by atoms with Crippen LogP contribution in [0.3, 0.4) is 0 Å². The highest BCUT2D eigenvalue weighted by molar-refractivity contribution is 5.96. The minimum Gasteiger partial charge on any atom is -0.479 e. The predicted molar refractivity (Wildman–Crippen MR) is 47.8 cm³/mol. The first-order valence-corrected chi connectivity index (χ1v) is 4.17. The number of ketones is 1. The van der Waals surface area contributed by atoms with Gasteiger partial charge in [0.1, 0.15) is 0 Å². The standard InChI is InChI=1S/C9H12N2O2/c1-3-4-7(12)8-9(13-2)11-6-5-10-8/h5-6H,3-4H2,1-2H3. The number of Topliss-reactive ketones (excluding diaryl/α,β-unsaturated/α-hetero) is 1. The van der Waals surface area contributed by atoms with Crippen molar-refractivity contribution in [1.29, 1.82) is 0 Å². The van der Waals surface area contributed by atoms with Gasteiger partial charge < -0.3 is 4.74 Å². The van der Waals surface area contributed by atoms with Crippen LogP contribution in [0, 0.1) is 0 Å². The molecule has 0 N–H and O–H groups in total. The molecule has 1 rings (SSSR count). The summed E-state index contributed by atoms with van der Waals surface area (Å²) in [6.07, 6.45) is 4.28. The smallest absolute Gasteiger partial charge is 0.243 e. The summed E-state index contributed by atoms with van der Waals surface area (Å²) in [6, 6.07) is 0. The highest BCUT2D eigenvalue weighted by Gasteiger charge is 2.12. The Hall–Kier alpha value is -1.45. The van der Waals surface area contributed by atoms with Crippen LogP contribution < -0.4 is 4.74 Å². The normalized spacial score (nSPS) is 9.69. The van der Waals surface area contributed by atoms with Gasteiger partial charge in [0, 0.05) is 18.8 Å². The van der Waals surface area contributed by atoms with Gasteiger partial charge in [-0.25, -0.2) is 9.97 Å². The summed E-state index contributed by atoms with van der Waals surface area (Å²) < 4.78 is 4.92. The van der Waals surface area contributed by atoms with E-state index in [4.69, 9.17) is 4.74 Å². The number of methoxy groups -OCH3 is 1. The van der Waals surface area contributed by atoms with Gasteiger partial charge in [0.25, 0.3) is 0 Å². The number of hydrogen-bond donors (Lipinski definition) is 0. The van der Waals surface area contributed by atoms with Crippen LogP contribution in [0.15, 0.2) is 12.4 Å². The lowest BCUT2D eigenvalue weighted by molar-refractivity contribution is 0.0973. The number of rotatable bonds is 4. The molecule has 1 aromatic heterocycles. The van der Waals surface area contributed by atoms with Gasteiger partial charge in [-0.3, -0.25) is 4.79 Å². The highest BCUT2D eigenvalue weighted by atomic mass is 16.5. The molecule has 0 bridgehead atoms. The Bertz CT molecular complexity index is 299. The second-order valence-electron chi connectivity index (χ2n) is 2.59. The molecule has 13 heavy (non-hydrogen) atoms. The van der Waals surface area contributed by atoms with E-state index >= 15 is 0 Å². The third kappa shape index (κ3) is 2.24. The Kier molecular flexibility index (Phi) is 3.37. The fraction of sp³-hybridized carbons (Fsp3) is 0.444. The van der Waals surface area contributed by atoms with Crippen LogP contribution in [-0.2, 0) is 0 Å². The minimum absolute atomic E-state index is 0.0209. The maximum absolute atomic E-state index is 11.4. The molecule has 0 aliphatic rings. The van der Waals surface area contributed by atoms with Crippen LogP contribution in [0.2, 0.25) is 0 Å². The number of carbonyl (C=O) groups is 1. The van der Waals surface area contributed by atoms with Crippen molar-refractivity contribution in [1.82, 2.24) is 9.97 Å². The second-order valence-corrected chi connectivity index (χ2v) is 2.59. The fourth-order valence-corrected chi connectivity index (χ4v) is 1.01. The van der Waals surface area contributed by atoms with Crippen LogP contribution in [-0.4, -0.2) is 22.9 Å². The number of nitrogens with zero attached hydrogens (tertiary/aromatic N) is 2. The maximum atomic E-state index is 11.4. The Labute approximate surface area is 77.0 Å². The molecule has 0 amide bonds. The number of hydrogen-bond acceptors (Lipinski definition) is 4. The molecule has 1 aromatic rings. The summed E-state index contributed by atoms with van der Waals surface area (Å²) in [6.45, 7) is 1.95. The van der Waals surface area contributed by atoms with Crippen LogP contribution in [0.4, 0.5) is 0 Å². The Morgan fingerprint density at radius 2 is 2.15 bits per heavy atom. The quantitative estimate of drug-likeness (QED) is 0.658. The maximum Gasteiger partial charge on any atom is 0.243 e. The lowest BCUT2D eigenvalue weighted by Crippen LogP contribution is -2.05. The molecule has 0 saturated heterocycles. The molecule has 1 heterocycles. The van der Waals surface area contributed by atoms with E-state index in [9.17, 15) is 4.79 Å². The van der Waals surface area contributed by atoms with Crippen LogP contribution in [0.1, 0.15) is 30.3 Å². The molecular weight excluding hydrogens is 168 g/mol. The van der Waals surface area contributed by atoms with Gasteiger partial charge in [-0.05, 0) is 6.42 Å². The first kappa shape index (κ1) is 9.64. The lowest BCUT2D eigenvalue weighted by Gasteiger charge is -2.02. The minimum atomic E-state index is -0.0209. The molecule has 70 valence electrons. The van der Waals surface area contributed by atoms with Crippen molar-refractivity contribution in [3.8, 4) is 5.88 Å². The van der Waals surface area contributed by atoms with E-state index in [1.807, 2.05) is 6.92 Å².